The molecule has 1 aromatic carbocycles. The normalized spacial score (nSPS) is 24.3. The van der Waals surface area contributed by atoms with Crippen LogP contribution in [0, 0.1) is 0 Å². The van der Waals surface area contributed by atoms with Crippen molar-refractivity contribution in [2.45, 2.75) is 44.3 Å². The molecule has 124 valence electrons. The molecular formula is C18H26N4O. The Hall–Kier alpha value is -1.59. The van der Waals surface area contributed by atoms with E-state index in [9.17, 15) is 4.79 Å². The van der Waals surface area contributed by atoms with Crippen molar-refractivity contribution in [2.75, 3.05) is 31.1 Å². The monoisotopic (exact) mass is 314 g/mol. The van der Waals surface area contributed by atoms with Crippen LogP contribution >= 0.6 is 0 Å². The van der Waals surface area contributed by atoms with Gasteiger partial charge in [-0.15, -0.1) is 0 Å². The maximum Gasteiger partial charge on any atom is 0.322 e. The minimum absolute atomic E-state index is 0.0732. The van der Waals surface area contributed by atoms with E-state index < -0.39 is 0 Å². The summed E-state index contributed by atoms with van der Waals surface area (Å²) >= 11 is 0. The van der Waals surface area contributed by atoms with Crippen LogP contribution in [0.15, 0.2) is 24.3 Å². The zero-order valence-electron chi connectivity index (χ0n) is 13.6. The van der Waals surface area contributed by atoms with E-state index in [1.807, 2.05) is 17.0 Å². The molecule has 3 aliphatic heterocycles. The van der Waals surface area contributed by atoms with Gasteiger partial charge < -0.3 is 15.5 Å². The lowest BCUT2D eigenvalue weighted by Crippen LogP contribution is -2.55. The van der Waals surface area contributed by atoms with Gasteiger partial charge in [-0.1, -0.05) is 18.2 Å². The quantitative estimate of drug-likeness (QED) is 0.877. The number of nitrogens with zero attached hydrogens (tertiary/aromatic N) is 2. The molecule has 2 N–H and O–H groups in total. The molecular weight excluding hydrogens is 288 g/mol. The van der Waals surface area contributed by atoms with Crippen molar-refractivity contribution in [3.8, 4) is 0 Å². The molecule has 0 aromatic heterocycles. The number of fused-ring (bicyclic) bond motifs is 1. The lowest BCUT2D eigenvalue weighted by Gasteiger charge is -2.43. The summed E-state index contributed by atoms with van der Waals surface area (Å²) in [6, 6.07) is 9.43. The molecule has 0 spiro atoms. The average molecular weight is 314 g/mol. The second-order valence-electron chi connectivity index (χ2n) is 6.91. The minimum Gasteiger partial charge on any atom is -0.334 e. The molecule has 1 aromatic rings. The first-order chi connectivity index (χ1) is 11.3. The van der Waals surface area contributed by atoms with Crippen molar-refractivity contribution < 1.29 is 4.79 Å². The summed E-state index contributed by atoms with van der Waals surface area (Å²) in [5.41, 5.74) is 2.34. The van der Waals surface area contributed by atoms with Crippen LogP contribution in [0.3, 0.4) is 0 Å². The number of urea groups is 1. The van der Waals surface area contributed by atoms with Gasteiger partial charge in [0, 0.05) is 31.7 Å². The number of benzene rings is 1. The number of anilines is 1. The topological polar surface area (TPSA) is 47.6 Å². The van der Waals surface area contributed by atoms with Gasteiger partial charge >= 0.3 is 6.03 Å². The molecule has 3 heterocycles. The SMILES string of the molecule is O=C1NCc2ccccc2N1C1CCN(C2CCNCC2)CC1. The molecule has 0 aliphatic carbocycles. The van der Waals surface area contributed by atoms with Crippen molar-refractivity contribution in [1.82, 2.24) is 15.5 Å². The summed E-state index contributed by atoms with van der Waals surface area (Å²) in [6.07, 6.45) is 4.67. The highest BCUT2D eigenvalue weighted by Gasteiger charge is 2.34. The van der Waals surface area contributed by atoms with Crippen molar-refractivity contribution in [2.24, 2.45) is 0 Å². The van der Waals surface area contributed by atoms with E-state index in [-0.39, 0.29) is 6.03 Å². The largest absolute Gasteiger partial charge is 0.334 e. The van der Waals surface area contributed by atoms with Gasteiger partial charge in [0.05, 0.1) is 5.69 Å². The van der Waals surface area contributed by atoms with E-state index in [4.69, 9.17) is 0 Å². The van der Waals surface area contributed by atoms with E-state index in [0.29, 0.717) is 12.6 Å². The van der Waals surface area contributed by atoms with E-state index in [1.54, 1.807) is 0 Å². The van der Waals surface area contributed by atoms with Gasteiger partial charge in [0.15, 0.2) is 0 Å². The summed E-state index contributed by atoms with van der Waals surface area (Å²) in [5.74, 6) is 0. The van der Waals surface area contributed by atoms with E-state index in [2.05, 4.69) is 27.7 Å². The summed E-state index contributed by atoms with van der Waals surface area (Å²) in [4.78, 5) is 17.1. The first-order valence-corrected chi connectivity index (χ1v) is 8.92. The number of para-hydroxylation sites is 1. The highest BCUT2D eigenvalue weighted by Crippen LogP contribution is 2.30. The third kappa shape index (κ3) is 2.95. The number of carbonyl (C=O) groups is 1. The van der Waals surface area contributed by atoms with Crippen LogP contribution < -0.4 is 15.5 Å². The van der Waals surface area contributed by atoms with E-state index in [0.717, 1.165) is 50.7 Å². The Morgan fingerprint density at radius 2 is 1.70 bits per heavy atom. The molecule has 0 atom stereocenters. The van der Waals surface area contributed by atoms with Gasteiger partial charge in [-0.05, 0) is 50.4 Å². The van der Waals surface area contributed by atoms with Crippen LogP contribution in [0.1, 0.15) is 31.2 Å². The third-order valence-electron chi connectivity index (χ3n) is 5.59. The summed E-state index contributed by atoms with van der Waals surface area (Å²) in [5, 5.41) is 6.47. The fourth-order valence-corrected chi connectivity index (χ4v) is 4.30. The van der Waals surface area contributed by atoms with Crippen LogP contribution in [-0.4, -0.2) is 49.2 Å². The summed E-state index contributed by atoms with van der Waals surface area (Å²) in [6.45, 7) is 5.17. The lowest BCUT2D eigenvalue weighted by molar-refractivity contribution is 0.126. The van der Waals surface area contributed by atoms with Crippen LogP contribution in [0.2, 0.25) is 0 Å². The zero-order valence-corrected chi connectivity index (χ0v) is 13.6. The van der Waals surface area contributed by atoms with E-state index >= 15 is 0 Å². The van der Waals surface area contributed by atoms with Gasteiger partial charge in [-0.2, -0.15) is 0 Å². The predicted octanol–water partition coefficient (Wildman–Crippen LogP) is 1.93. The molecule has 0 unspecified atom stereocenters. The number of likely N-dealkylation sites (tertiary alicyclic amines) is 1. The van der Waals surface area contributed by atoms with E-state index in [1.165, 1.54) is 18.4 Å². The molecule has 2 fully saturated rings. The van der Waals surface area contributed by atoms with Crippen molar-refractivity contribution in [3.63, 3.8) is 0 Å². The smallest absolute Gasteiger partial charge is 0.322 e. The van der Waals surface area contributed by atoms with Crippen molar-refractivity contribution in [1.29, 1.82) is 0 Å². The van der Waals surface area contributed by atoms with Crippen LogP contribution in [0.4, 0.5) is 10.5 Å². The molecule has 0 saturated carbocycles. The lowest BCUT2D eigenvalue weighted by atomic mass is 9.96. The number of carbonyl (C=O) groups excluding carboxylic acids is 1. The Labute approximate surface area is 138 Å². The maximum absolute atomic E-state index is 12.4. The van der Waals surface area contributed by atoms with Crippen molar-refractivity contribution >= 4 is 11.7 Å². The Morgan fingerprint density at radius 3 is 2.48 bits per heavy atom. The maximum atomic E-state index is 12.4. The molecule has 2 amide bonds. The molecule has 23 heavy (non-hydrogen) atoms. The fourth-order valence-electron chi connectivity index (χ4n) is 4.30. The van der Waals surface area contributed by atoms with Crippen LogP contribution in [-0.2, 0) is 6.54 Å². The molecule has 4 rings (SSSR count). The standard InChI is InChI=1S/C18H26N4O/c23-18-20-13-14-3-1-2-4-17(14)22(18)16-7-11-21(12-8-16)15-5-9-19-10-6-15/h1-4,15-16,19H,5-13H2,(H,20,23). The Bertz CT molecular complexity index is 562. The first kappa shape index (κ1) is 15.0. The second-order valence-corrected chi connectivity index (χ2v) is 6.91. The minimum atomic E-state index is 0.0732. The Morgan fingerprint density at radius 1 is 0.957 bits per heavy atom. The first-order valence-electron chi connectivity index (χ1n) is 8.92. The van der Waals surface area contributed by atoms with Crippen molar-refractivity contribution in [3.05, 3.63) is 29.8 Å². The number of piperidine rings is 2. The van der Waals surface area contributed by atoms with Gasteiger partial charge in [-0.25, -0.2) is 4.79 Å². The summed E-state index contributed by atoms with van der Waals surface area (Å²) < 4.78 is 0. The highest BCUT2D eigenvalue weighted by molar-refractivity contribution is 5.95. The number of hydrogen-bond donors (Lipinski definition) is 2. The van der Waals surface area contributed by atoms with Crippen LogP contribution in [0.25, 0.3) is 0 Å². The fraction of sp³-hybridized carbons (Fsp3) is 0.611. The molecule has 3 aliphatic rings. The molecule has 5 nitrogen and oxygen atoms in total. The van der Waals surface area contributed by atoms with Crippen LogP contribution in [0.5, 0.6) is 0 Å². The molecule has 5 heteroatoms. The van der Waals surface area contributed by atoms with Gasteiger partial charge in [0.1, 0.15) is 0 Å². The molecule has 2 saturated heterocycles. The number of nitrogens with one attached hydrogen (secondary N) is 2. The predicted molar refractivity (Wildman–Crippen MR) is 91.6 cm³/mol. The van der Waals surface area contributed by atoms with Gasteiger partial charge in [-0.3, -0.25) is 4.90 Å². The third-order valence-corrected chi connectivity index (χ3v) is 5.59. The van der Waals surface area contributed by atoms with Gasteiger partial charge in [0.2, 0.25) is 0 Å². The number of hydrogen-bond acceptors (Lipinski definition) is 3. The molecule has 0 bridgehead atoms. The summed E-state index contributed by atoms with van der Waals surface area (Å²) in [7, 11) is 0. The average Bonchev–Trinajstić information content (AvgIpc) is 2.63. The number of amides is 2. The second kappa shape index (κ2) is 6.49. The Balaban J connectivity index is 1.45. The van der Waals surface area contributed by atoms with Gasteiger partial charge in [0.25, 0.3) is 0 Å². The number of rotatable bonds is 2. The zero-order chi connectivity index (χ0) is 15.6. The molecule has 0 radical (unpaired) electrons. The Kier molecular flexibility index (Phi) is 4.23. The highest BCUT2D eigenvalue weighted by atomic mass is 16.2.